The minimum Gasteiger partial charge on any atom is -0.497 e. The molecule has 0 unspecified atom stereocenters. The summed E-state index contributed by atoms with van der Waals surface area (Å²) in [6, 6.07) is 13.1. The number of methoxy groups -OCH3 is 1. The van der Waals surface area contributed by atoms with E-state index in [-0.39, 0.29) is 23.3 Å². The number of nitrogens with one attached hydrogen (secondary N) is 1. The summed E-state index contributed by atoms with van der Waals surface area (Å²) in [7, 11) is 1.58. The summed E-state index contributed by atoms with van der Waals surface area (Å²) in [6.45, 7) is 4.03. The number of aliphatic imine (C=N–C) groups is 1. The van der Waals surface area contributed by atoms with Crippen LogP contribution in [0.3, 0.4) is 0 Å². The molecule has 180 valence electrons. The minimum atomic E-state index is -1.64. The number of Topliss-reactive ketones (excluding diaryl/α,β-unsaturated/α-hetero) is 1. The second-order valence-corrected chi connectivity index (χ2v) is 8.96. The number of ketones is 1. The predicted octanol–water partition coefficient (Wildman–Crippen LogP) is 5.76. The van der Waals surface area contributed by atoms with Crippen molar-refractivity contribution in [3.63, 3.8) is 0 Å². The van der Waals surface area contributed by atoms with Crippen molar-refractivity contribution in [3.05, 3.63) is 94.3 Å². The van der Waals surface area contributed by atoms with Crippen LogP contribution in [0.1, 0.15) is 52.1 Å². The molecule has 1 aliphatic rings. The monoisotopic (exact) mass is 480 g/mol. The third-order valence-electron chi connectivity index (χ3n) is 5.73. The number of anilines is 1. The Morgan fingerprint density at radius 1 is 0.971 bits per heavy atom. The van der Waals surface area contributed by atoms with Crippen LogP contribution < -0.4 is 10.1 Å². The highest BCUT2D eigenvalue weighted by Crippen LogP contribution is 2.31. The number of carbonyl (C=O) groups excluding carboxylic acids is 2. The zero-order valence-electron chi connectivity index (χ0n) is 19.4. The van der Waals surface area contributed by atoms with Crippen molar-refractivity contribution in [1.29, 1.82) is 0 Å². The van der Waals surface area contributed by atoms with Crippen LogP contribution in [-0.2, 0) is 6.42 Å². The Balaban J connectivity index is 1.50. The average molecular weight is 480 g/mol. The van der Waals surface area contributed by atoms with E-state index >= 15 is 0 Å². The number of amides is 1. The van der Waals surface area contributed by atoms with Crippen molar-refractivity contribution in [3.8, 4) is 5.75 Å². The molecule has 8 heteroatoms. The average Bonchev–Trinajstić information content (AvgIpc) is 2.81. The van der Waals surface area contributed by atoms with Crippen molar-refractivity contribution in [2.24, 2.45) is 4.99 Å². The number of hydrogen-bond donors (Lipinski definition) is 1. The van der Waals surface area contributed by atoms with Gasteiger partial charge in [-0.1, -0.05) is 6.07 Å². The molecule has 0 radical (unpaired) electrons. The lowest BCUT2D eigenvalue weighted by atomic mass is 9.85. The number of benzene rings is 3. The van der Waals surface area contributed by atoms with Crippen LogP contribution in [-0.4, -0.2) is 30.1 Å². The molecule has 1 N–H and O–H groups in total. The minimum absolute atomic E-state index is 0.0867. The fourth-order valence-electron chi connectivity index (χ4n) is 4.05. The second kappa shape index (κ2) is 9.37. The molecule has 0 saturated heterocycles. The molecular formula is C27H23F3N2O3. The van der Waals surface area contributed by atoms with Crippen LogP contribution >= 0.6 is 0 Å². The summed E-state index contributed by atoms with van der Waals surface area (Å²) < 4.78 is 45.3. The number of ether oxygens (including phenoxy) is 1. The second-order valence-electron chi connectivity index (χ2n) is 8.96. The lowest BCUT2D eigenvalue weighted by Gasteiger charge is -2.29. The fraction of sp³-hybridized carbons (Fsp3) is 0.222. The predicted molar refractivity (Wildman–Crippen MR) is 127 cm³/mol. The maximum absolute atomic E-state index is 13.4. The van der Waals surface area contributed by atoms with Crippen molar-refractivity contribution in [1.82, 2.24) is 0 Å². The van der Waals surface area contributed by atoms with Crippen LogP contribution in [0.4, 0.5) is 18.9 Å². The first-order chi connectivity index (χ1) is 16.6. The molecule has 35 heavy (non-hydrogen) atoms. The van der Waals surface area contributed by atoms with E-state index in [9.17, 15) is 22.8 Å². The topological polar surface area (TPSA) is 67.8 Å². The van der Waals surface area contributed by atoms with Gasteiger partial charge in [-0.3, -0.25) is 14.6 Å². The highest BCUT2D eigenvalue weighted by Gasteiger charge is 2.28. The molecule has 0 bridgehead atoms. The number of nitrogens with zero attached hydrogens (tertiary/aromatic N) is 1. The first kappa shape index (κ1) is 24.2. The van der Waals surface area contributed by atoms with E-state index in [1.165, 1.54) is 12.1 Å². The van der Waals surface area contributed by atoms with Crippen molar-refractivity contribution < 1.29 is 27.5 Å². The first-order valence-electron chi connectivity index (χ1n) is 10.9. The molecular weight excluding hydrogens is 457 g/mol. The van der Waals surface area contributed by atoms with E-state index in [1.807, 2.05) is 32.0 Å². The van der Waals surface area contributed by atoms with Crippen LogP contribution in [0.2, 0.25) is 0 Å². The Morgan fingerprint density at radius 3 is 2.26 bits per heavy atom. The van der Waals surface area contributed by atoms with Crippen molar-refractivity contribution in [2.45, 2.75) is 32.2 Å². The van der Waals surface area contributed by atoms with Gasteiger partial charge in [0.05, 0.1) is 24.8 Å². The molecule has 3 aromatic rings. The molecule has 0 aliphatic carbocycles. The van der Waals surface area contributed by atoms with E-state index < -0.39 is 23.4 Å². The number of hydrogen-bond acceptors (Lipinski definition) is 4. The van der Waals surface area contributed by atoms with Crippen LogP contribution in [0, 0.1) is 17.5 Å². The number of halogens is 3. The van der Waals surface area contributed by atoms with Crippen LogP contribution in [0.5, 0.6) is 5.75 Å². The summed E-state index contributed by atoms with van der Waals surface area (Å²) >= 11 is 0. The Hall–Kier alpha value is -3.94. The van der Waals surface area contributed by atoms with Gasteiger partial charge < -0.3 is 10.1 Å². The van der Waals surface area contributed by atoms with Crippen LogP contribution in [0.25, 0.3) is 0 Å². The Labute approximate surface area is 200 Å². The van der Waals surface area contributed by atoms with Gasteiger partial charge in [0, 0.05) is 22.4 Å². The van der Waals surface area contributed by atoms with E-state index in [1.54, 1.807) is 19.2 Å². The largest absolute Gasteiger partial charge is 0.497 e. The normalized spacial score (nSPS) is 14.1. The maximum Gasteiger partial charge on any atom is 0.255 e. The molecule has 0 atom stereocenters. The third-order valence-corrected chi connectivity index (χ3v) is 5.73. The maximum atomic E-state index is 13.4. The zero-order chi connectivity index (χ0) is 25.3. The highest BCUT2D eigenvalue weighted by atomic mass is 19.2. The van der Waals surface area contributed by atoms with Gasteiger partial charge in [-0.05, 0) is 74.4 Å². The smallest absolute Gasteiger partial charge is 0.255 e. The van der Waals surface area contributed by atoms with Crippen molar-refractivity contribution in [2.75, 3.05) is 12.4 Å². The van der Waals surface area contributed by atoms with E-state index in [0.717, 1.165) is 17.5 Å². The molecule has 0 spiro atoms. The van der Waals surface area contributed by atoms with Gasteiger partial charge in [0.25, 0.3) is 5.91 Å². The van der Waals surface area contributed by atoms with E-state index in [2.05, 4.69) is 5.32 Å². The molecule has 4 rings (SSSR count). The molecule has 1 aliphatic heterocycles. The highest BCUT2D eigenvalue weighted by molar-refractivity contribution is 6.17. The Morgan fingerprint density at radius 2 is 1.63 bits per heavy atom. The molecule has 5 nitrogen and oxygen atoms in total. The molecule has 0 aromatic heterocycles. The molecule has 3 aromatic carbocycles. The van der Waals surface area contributed by atoms with E-state index in [0.29, 0.717) is 34.8 Å². The van der Waals surface area contributed by atoms with Gasteiger partial charge in [-0.15, -0.1) is 0 Å². The fourth-order valence-corrected chi connectivity index (χ4v) is 4.05. The third kappa shape index (κ3) is 5.26. The Bertz CT molecular complexity index is 1330. The lowest BCUT2D eigenvalue weighted by molar-refractivity contribution is 0.0998. The van der Waals surface area contributed by atoms with Gasteiger partial charge in [-0.25, -0.2) is 13.2 Å². The lowest BCUT2D eigenvalue weighted by Crippen LogP contribution is -2.30. The van der Waals surface area contributed by atoms with Gasteiger partial charge in [-0.2, -0.15) is 0 Å². The van der Waals surface area contributed by atoms with Gasteiger partial charge in [0.2, 0.25) is 0 Å². The van der Waals surface area contributed by atoms with Crippen LogP contribution in [0.15, 0.2) is 59.6 Å². The molecule has 1 heterocycles. The molecule has 0 saturated carbocycles. The zero-order valence-corrected chi connectivity index (χ0v) is 19.4. The quantitative estimate of drug-likeness (QED) is 0.360. The summed E-state index contributed by atoms with van der Waals surface area (Å²) in [5, 5.41) is 2.47. The summed E-state index contributed by atoms with van der Waals surface area (Å²) in [4.78, 5) is 30.1. The standard InChI is InChI=1S/C27H23F3N2O3/c1-27(2)14-16-6-9-19(35-3)12-20(16)23(32-27)13-24(33)15-4-7-18(8-5-15)31-26(34)17-10-21(28)25(30)22(29)11-17/h4-12H,13-14H2,1-3H3,(H,31,34). The summed E-state index contributed by atoms with van der Waals surface area (Å²) in [6.07, 6.45) is 0.837. The van der Waals surface area contributed by atoms with Gasteiger partial charge in [0.15, 0.2) is 23.2 Å². The number of rotatable bonds is 6. The SMILES string of the molecule is COc1ccc2c(c1)C(CC(=O)c1ccc(NC(=O)c3cc(F)c(F)c(F)c3)cc1)=NC(C)(C)C2. The van der Waals surface area contributed by atoms with Gasteiger partial charge in [0.1, 0.15) is 5.75 Å². The van der Waals surface area contributed by atoms with E-state index in [4.69, 9.17) is 9.73 Å². The Kier molecular flexibility index (Phi) is 6.47. The molecule has 1 amide bonds. The number of carbonyl (C=O) groups is 2. The van der Waals surface area contributed by atoms with Crippen molar-refractivity contribution >= 4 is 23.1 Å². The molecule has 0 fully saturated rings. The number of fused-ring (bicyclic) bond motifs is 1. The first-order valence-corrected chi connectivity index (χ1v) is 10.9. The van der Waals surface area contributed by atoms with Gasteiger partial charge >= 0.3 is 0 Å². The summed E-state index contributed by atoms with van der Waals surface area (Å²) in [5.74, 6) is -4.84. The summed E-state index contributed by atoms with van der Waals surface area (Å²) in [5.41, 5.74) is 2.68.